The number of non-ortho nitro benzene ring substituents is 1. The van der Waals surface area contributed by atoms with Crippen molar-refractivity contribution in [1.29, 1.82) is 0 Å². The predicted octanol–water partition coefficient (Wildman–Crippen LogP) is 2.64. The van der Waals surface area contributed by atoms with Gasteiger partial charge in [-0.1, -0.05) is 18.2 Å². The maximum Gasteiger partial charge on any atom is 0.331 e. The molecule has 0 radical (unpaired) electrons. The molecule has 0 fully saturated rings. The summed E-state index contributed by atoms with van der Waals surface area (Å²) in [4.78, 5) is 22.0. The largest absolute Gasteiger partial charge is 0.467 e. The van der Waals surface area contributed by atoms with Crippen LogP contribution in [-0.4, -0.2) is 17.7 Å². The Kier molecular flexibility index (Phi) is 5.26. The molecule has 0 N–H and O–H groups in total. The third-order valence-electron chi connectivity index (χ3n) is 2.89. The monoisotopic (exact) mass is 305 g/mol. The quantitative estimate of drug-likeness (QED) is 0.273. The van der Waals surface area contributed by atoms with Gasteiger partial charge in [-0.05, 0) is 6.92 Å². The highest BCUT2D eigenvalue weighted by Gasteiger charge is 2.21. The van der Waals surface area contributed by atoms with Gasteiger partial charge in [0, 0.05) is 29.3 Å². The van der Waals surface area contributed by atoms with E-state index in [1.54, 1.807) is 18.2 Å². The molecule has 2 rings (SSSR count). The Morgan fingerprint density at radius 1 is 1.45 bits per heavy atom. The van der Waals surface area contributed by atoms with Gasteiger partial charge in [0.25, 0.3) is 5.69 Å². The predicted molar refractivity (Wildman–Crippen MR) is 77.1 cm³/mol. The number of esters is 1. The summed E-state index contributed by atoms with van der Waals surface area (Å²) >= 11 is 0. The fourth-order valence-corrected chi connectivity index (χ4v) is 1.94. The number of fused-ring (bicyclic) bond motifs is 1. The lowest BCUT2D eigenvalue weighted by atomic mass is 10.1. The van der Waals surface area contributed by atoms with Crippen LogP contribution in [-0.2, 0) is 27.5 Å². The number of allylic oxidation sites excluding steroid dienone is 3. The van der Waals surface area contributed by atoms with Crippen LogP contribution in [0.1, 0.15) is 18.1 Å². The Labute approximate surface area is 126 Å². The lowest BCUT2D eigenvalue weighted by Crippen LogP contribution is -2.14. The Morgan fingerprint density at radius 2 is 2.27 bits per heavy atom. The molecule has 0 saturated heterocycles. The molecule has 1 aromatic rings. The van der Waals surface area contributed by atoms with Gasteiger partial charge in [-0.3, -0.25) is 10.1 Å². The molecule has 1 aliphatic rings. The number of hydrogen-bond acceptors (Lipinski definition) is 6. The zero-order valence-corrected chi connectivity index (χ0v) is 12.0. The van der Waals surface area contributed by atoms with Crippen molar-refractivity contribution in [2.24, 2.45) is 0 Å². The standard InChI is InChI=1S/C15H15NO6/c1-2-3-4-5-14(17)21-9-12-7-13(16(18)19)6-11-8-20-10-22-15(11)12/h2-7H,8-10H2,1H3. The molecule has 0 bridgehead atoms. The molecule has 22 heavy (non-hydrogen) atoms. The topological polar surface area (TPSA) is 87.9 Å². The number of ether oxygens (including phenoxy) is 3. The van der Waals surface area contributed by atoms with Crippen molar-refractivity contribution in [3.8, 4) is 5.75 Å². The second-order valence-electron chi connectivity index (χ2n) is 4.45. The summed E-state index contributed by atoms with van der Waals surface area (Å²) < 4.78 is 15.5. The van der Waals surface area contributed by atoms with Gasteiger partial charge in [0.2, 0.25) is 0 Å². The summed E-state index contributed by atoms with van der Waals surface area (Å²) in [5, 5.41) is 10.9. The van der Waals surface area contributed by atoms with Crippen LogP contribution in [0, 0.1) is 10.1 Å². The molecule has 0 saturated carbocycles. The molecule has 1 aliphatic heterocycles. The fourth-order valence-electron chi connectivity index (χ4n) is 1.94. The van der Waals surface area contributed by atoms with E-state index in [2.05, 4.69) is 0 Å². The third-order valence-corrected chi connectivity index (χ3v) is 2.89. The molecule has 7 heteroatoms. The van der Waals surface area contributed by atoms with Crippen LogP contribution >= 0.6 is 0 Å². The zero-order valence-electron chi connectivity index (χ0n) is 12.0. The fraction of sp³-hybridized carbons (Fsp3) is 0.267. The molecule has 0 atom stereocenters. The molecule has 0 aliphatic carbocycles. The van der Waals surface area contributed by atoms with Gasteiger partial charge in [0.1, 0.15) is 12.4 Å². The van der Waals surface area contributed by atoms with Gasteiger partial charge in [-0.25, -0.2) is 4.79 Å². The number of benzene rings is 1. The molecule has 0 aromatic heterocycles. The second-order valence-corrected chi connectivity index (χ2v) is 4.45. The molecule has 0 spiro atoms. The Balaban J connectivity index is 2.17. The minimum Gasteiger partial charge on any atom is -0.467 e. The van der Waals surface area contributed by atoms with Crippen LogP contribution in [0.3, 0.4) is 0 Å². The first-order valence-corrected chi connectivity index (χ1v) is 6.58. The number of nitro benzene ring substituents is 1. The first-order chi connectivity index (χ1) is 10.6. The lowest BCUT2D eigenvalue weighted by molar-refractivity contribution is -0.385. The van der Waals surface area contributed by atoms with Gasteiger partial charge >= 0.3 is 5.97 Å². The molecule has 0 unspecified atom stereocenters. The smallest absolute Gasteiger partial charge is 0.331 e. The maximum absolute atomic E-state index is 11.5. The first-order valence-electron chi connectivity index (χ1n) is 6.58. The van der Waals surface area contributed by atoms with E-state index in [4.69, 9.17) is 14.2 Å². The van der Waals surface area contributed by atoms with E-state index in [1.807, 2.05) is 6.92 Å². The van der Waals surface area contributed by atoms with Crippen molar-refractivity contribution >= 4 is 11.7 Å². The van der Waals surface area contributed by atoms with Gasteiger partial charge in [0.15, 0.2) is 6.79 Å². The summed E-state index contributed by atoms with van der Waals surface area (Å²) in [6.07, 6.45) is 6.29. The van der Waals surface area contributed by atoms with Crippen LogP contribution in [0.2, 0.25) is 0 Å². The average Bonchev–Trinajstić information content (AvgIpc) is 2.52. The molecule has 0 amide bonds. The van der Waals surface area contributed by atoms with E-state index in [0.29, 0.717) is 16.9 Å². The first kappa shape index (κ1) is 15.7. The van der Waals surface area contributed by atoms with E-state index >= 15 is 0 Å². The number of nitro groups is 1. The summed E-state index contributed by atoms with van der Waals surface area (Å²) in [6, 6.07) is 2.73. The second kappa shape index (κ2) is 7.37. The lowest BCUT2D eigenvalue weighted by Gasteiger charge is -2.20. The van der Waals surface area contributed by atoms with Crippen LogP contribution < -0.4 is 4.74 Å². The van der Waals surface area contributed by atoms with E-state index in [-0.39, 0.29) is 25.7 Å². The highest BCUT2D eigenvalue weighted by molar-refractivity contribution is 5.82. The summed E-state index contributed by atoms with van der Waals surface area (Å²) in [6.45, 7) is 2.00. The summed E-state index contributed by atoms with van der Waals surface area (Å²) in [5.74, 6) is -0.0625. The van der Waals surface area contributed by atoms with E-state index in [9.17, 15) is 14.9 Å². The number of hydrogen-bond donors (Lipinski definition) is 0. The summed E-state index contributed by atoms with van der Waals surface area (Å²) in [7, 11) is 0. The molecule has 7 nitrogen and oxygen atoms in total. The Morgan fingerprint density at radius 3 is 3.00 bits per heavy atom. The van der Waals surface area contributed by atoms with E-state index in [0.717, 1.165) is 0 Å². The van der Waals surface area contributed by atoms with Crippen LogP contribution in [0.25, 0.3) is 0 Å². The zero-order chi connectivity index (χ0) is 15.9. The number of nitrogens with zero attached hydrogens (tertiary/aromatic N) is 1. The van der Waals surface area contributed by atoms with Crippen LogP contribution in [0.15, 0.2) is 36.4 Å². The van der Waals surface area contributed by atoms with Gasteiger partial charge in [-0.15, -0.1) is 0 Å². The van der Waals surface area contributed by atoms with Crippen LogP contribution in [0.4, 0.5) is 5.69 Å². The maximum atomic E-state index is 11.5. The van der Waals surface area contributed by atoms with Crippen LogP contribution in [0.5, 0.6) is 5.75 Å². The molecule has 116 valence electrons. The van der Waals surface area contributed by atoms with Crippen molar-refractivity contribution in [3.05, 3.63) is 57.7 Å². The Hall–Kier alpha value is -2.67. The van der Waals surface area contributed by atoms with E-state index < -0.39 is 10.9 Å². The van der Waals surface area contributed by atoms with Crippen molar-refractivity contribution in [2.45, 2.75) is 20.1 Å². The van der Waals surface area contributed by atoms with Crippen molar-refractivity contribution in [2.75, 3.05) is 6.79 Å². The molecular formula is C15H15NO6. The van der Waals surface area contributed by atoms with Crippen molar-refractivity contribution in [3.63, 3.8) is 0 Å². The Bertz CT molecular complexity index is 635. The normalized spacial score (nSPS) is 13.9. The van der Waals surface area contributed by atoms with E-state index in [1.165, 1.54) is 18.2 Å². The number of carbonyl (C=O) groups excluding carboxylic acids is 1. The van der Waals surface area contributed by atoms with Gasteiger partial charge in [-0.2, -0.15) is 0 Å². The average molecular weight is 305 g/mol. The molecular weight excluding hydrogens is 290 g/mol. The van der Waals surface area contributed by atoms with Gasteiger partial charge in [0.05, 0.1) is 11.5 Å². The molecule has 1 aromatic carbocycles. The SMILES string of the molecule is CC=CC=CC(=O)OCc1cc([N+](=O)[O-])cc2c1OCOC2. The highest BCUT2D eigenvalue weighted by atomic mass is 16.7. The number of carbonyl (C=O) groups is 1. The minimum absolute atomic E-state index is 0.0625. The van der Waals surface area contributed by atoms with Crippen molar-refractivity contribution < 1.29 is 23.9 Å². The third kappa shape index (κ3) is 3.92. The van der Waals surface area contributed by atoms with Crippen molar-refractivity contribution in [1.82, 2.24) is 0 Å². The minimum atomic E-state index is -0.537. The van der Waals surface area contributed by atoms with Gasteiger partial charge < -0.3 is 14.2 Å². The number of rotatable bonds is 5. The molecule has 1 heterocycles. The summed E-state index contributed by atoms with van der Waals surface area (Å²) in [5.41, 5.74) is 0.916. The highest BCUT2D eigenvalue weighted by Crippen LogP contribution is 2.33.